The van der Waals surface area contributed by atoms with Gasteiger partial charge in [-0.1, -0.05) is 6.42 Å². The normalized spacial score (nSPS) is 16.8. The molecule has 1 aliphatic heterocycles. The van der Waals surface area contributed by atoms with E-state index in [1.807, 2.05) is 12.1 Å². The second kappa shape index (κ2) is 9.11. The minimum atomic E-state index is -1.05. The molecule has 2 fully saturated rings. The second-order valence-electron chi connectivity index (χ2n) is 9.19. The average Bonchev–Trinajstić information content (AvgIpc) is 3.14. The minimum Gasteiger partial charge on any atom is -0.492 e. The van der Waals surface area contributed by atoms with Gasteiger partial charge in [-0.2, -0.15) is 5.10 Å². The van der Waals surface area contributed by atoms with Crippen molar-refractivity contribution in [3.8, 4) is 11.4 Å². The molecule has 33 heavy (non-hydrogen) atoms. The monoisotopic (exact) mass is 450 g/mol. The maximum absolute atomic E-state index is 11.4. The number of pyridine rings is 1. The molecule has 1 aliphatic carbocycles. The summed E-state index contributed by atoms with van der Waals surface area (Å²) in [5, 5.41) is 14.6. The summed E-state index contributed by atoms with van der Waals surface area (Å²) in [6.45, 7) is 7.52. The molecule has 2 aromatic heterocycles. The number of aromatic carboxylic acids is 1. The highest BCUT2D eigenvalue weighted by Crippen LogP contribution is 2.41. The van der Waals surface area contributed by atoms with E-state index in [1.54, 1.807) is 16.9 Å². The summed E-state index contributed by atoms with van der Waals surface area (Å²) in [6.07, 6.45) is 5.24. The summed E-state index contributed by atoms with van der Waals surface area (Å²) < 4.78 is 13.4. The van der Waals surface area contributed by atoms with Crippen molar-refractivity contribution in [3.63, 3.8) is 0 Å². The third-order valence-electron chi connectivity index (χ3n) is 6.78. The number of carboxylic acids is 1. The molecule has 5 rings (SSSR count). The average molecular weight is 451 g/mol. The molecule has 0 bridgehead atoms. The molecule has 0 atom stereocenters. The lowest BCUT2D eigenvalue weighted by Gasteiger charge is -2.39. The fourth-order valence-electron chi connectivity index (χ4n) is 4.59. The fraction of sp³-hybridized carbons (Fsp3) is 0.480. The van der Waals surface area contributed by atoms with Crippen LogP contribution in [0.5, 0.6) is 5.75 Å². The Hall–Kier alpha value is -2.97. The van der Waals surface area contributed by atoms with Crippen molar-refractivity contribution in [1.82, 2.24) is 19.7 Å². The zero-order chi connectivity index (χ0) is 22.9. The predicted octanol–water partition coefficient (Wildman–Crippen LogP) is 3.87. The zero-order valence-corrected chi connectivity index (χ0v) is 19.1. The van der Waals surface area contributed by atoms with Crippen LogP contribution in [0, 0.1) is 0 Å². The molecule has 1 saturated heterocycles. The van der Waals surface area contributed by atoms with E-state index in [1.165, 1.54) is 18.1 Å². The number of nitrogens with zero attached hydrogens (tertiary/aromatic N) is 4. The van der Waals surface area contributed by atoms with Gasteiger partial charge in [0, 0.05) is 18.0 Å². The van der Waals surface area contributed by atoms with Crippen LogP contribution in [0.3, 0.4) is 0 Å². The highest BCUT2D eigenvalue weighted by atomic mass is 16.5. The predicted molar refractivity (Wildman–Crippen MR) is 124 cm³/mol. The van der Waals surface area contributed by atoms with Crippen molar-refractivity contribution in [2.45, 2.75) is 51.1 Å². The van der Waals surface area contributed by atoms with E-state index in [0.717, 1.165) is 49.4 Å². The summed E-state index contributed by atoms with van der Waals surface area (Å²) >= 11 is 0. The number of ether oxygens (including phenoxy) is 2. The van der Waals surface area contributed by atoms with E-state index in [4.69, 9.17) is 9.47 Å². The van der Waals surface area contributed by atoms with Gasteiger partial charge in [0.1, 0.15) is 12.4 Å². The lowest BCUT2D eigenvalue weighted by molar-refractivity contribution is -0.0776. The van der Waals surface area contributed by atoms with Gasteiger partial charge in [0.05, 0.1) is 31.1 Å². The number of rotatable bonds is 9. The summed E-state index contributed by atoms with van der Waals surface area (Å²) in [6, 6.07) is 10.3. The maximum atomic E-state index is 11.4. The van der Waals surface area contributed by atoms with Gasteiger partial charge in [-0.15, -0.1) is 0 Å². The summed E-state index contributed by atoms with van der Waals surface area (Å²) in [5.41, 5.74) is 2.61. The molecule has 0 spiro atoms. The number of hydrogen-bond acceptors (Lipinski definition) is 6. The van der Waals surface area contributed by atoms with Gasteiger partial charge < -0.3 is 14.6 Å². The Morgan fingerprint density at radius 2 is 2.09 bits per heavy atom. The Labute approximate surface area is 193 Å². The third-order valence-corrected chi connectivity index (χ3v) is 6.78. The minimum absolute atomic E-state index is 0.00925. The Morgan fingerprint density at radius 3 is 2.73 bits per heavy atom. The Kier molecular flexibility index (Phi) is 6.03. The SMILES string of the molecule is CC(C)N(CCOc1ccc(-n2ncc3ccc(C(=O)O)nc32)cc1C1CCC1)C1COC1. The first-order valence-electron chi connectivity index (χ1n) is 11.7. The number of fused-ring (bicyclic) bond motifs is 1. The lowest BCUT2D eigenvalue weighted by Crippen LogP contribution is -2.53. The van der Waals surface area contributed by atoms with Crippen LogP contribution < -0.4 is 4.74 Å². The lowest BCUT2D eigenvalue weighted by atomic mass is 9.79. The molecule has 0 unspecified atom stereocenters. The molecule has 1 aromatic carbocycles. The van der Waals surface area contributed by atoms with Crippen LogP contribution in [0.4, 0.5) is 0 Å². The number of carbonyl (C=O) groups is 1. The van der Waals surface area contributed by atoms with E-state index < -0.39 is 5.97 Å². The van der Waals surface area contributed by atoms with Gasteiger partial charge in [-0.05, 0) is 68.5 Å². The Morgan fingerprint density at radius 1 is 1.27 bits per heavy atom. The van der Waals surface area contributed by atoms with Gasteiger partial charge in [0.25, 0.3) is 0 Å². The highest BCUT2D eigenvalue weighted by molar-refractivity contribution is 5.89. The Balaban J connectivity index is 1.39. The van der Waals surface area contributed by atoms with Crippen molar-refractivity contribution in [3.05, 3.63) is 47.8 Å². The largest absolute Gasteiger partial charge is 0.492 e. The molecule has 8 heteroatoms. The fourth-order valence-corrected chi connectivity index (χ4v) is 4.59. The van der Waals surface area contributed by atoms with E-state index >= 15 is 0 Å². The standard InChI is InChI=1S/C25H30N4O4/c1-16(2)28(20-14-32-15-20)10-11-33-23-9-7-19(12-21(23)17-4-3-5-17)29-24-18(13-26-29)6-8-22(27-24)25(30)31/h6-9,12-13,16-17,20H,3-5,10-11,14-15H2,1-2H3,(H,30,31). The van der Waals surface area contributed by atoms with Gasteiger partial charge in [-0.25, -0.2) is 14.5 Å². The van der Waals surface area contributed by atoms with Crippen LogP contribution in [0.15, 0.2) is 36.5 Å². The van der Waals surface area contributed by atoms with E-state index in [0.29, 0.717) is 30.3 Å². The number of aromatic nitrogens is 3. The summed E-state index contributed by atoms with van der Waals surface area (Å²) in [7, 11) is 0. The first kappa shape index (κ1) is 21.9. The molecule has 174 valence electrons. The maximum Gasteiger partial charge on any atom is 0.354 e. The van der Waals surface area contributed by atoms with E-state index in [9.17, 15) is 9.90 Å². The number of benzene rings is 1. The van der Waals surface area contributed by atoms with Crippen LogP contribution in [0.1, 0.15) is 55.1 Å². The van der Waals surface area contributed by atoms with Crippen molar-refractivity contribution < 1.29 is 19.4 Å². The molecule has 1 saturated carbocycles. The van der Waals surface area contributed by atoms with E-state index in [-0.39, 0.29) is 5.69 Å². The molecular weight excluding hydrogens is 420 g/mol. The van der Waals surface area contributed by atoms with Crippen LogP contribution in [0.2, 0.25) is 0 Å². The molecular formula is C25H30N4O4. The van der Waals surface area contributed by atoms with Crippen LogP contribution in [0.25, 0.3) is 16.7 Å². The molecule has 8 nitrogen and oxygen atoms in total. The molecule has 2 aliphatic rings. The zero-order valence-electron chi connectivity index (χ0n) is 19.1. The van der Waals surface area contributed by atoms with Gasteiger partial charge in [0.2, 0.25) is 0 Å². The van der Waals surface area contributed by atoms with Gasteiger partial charge >= 0.3 is 5.97 Å². The smallest absolute Gasteiger partial charge is 0.354 e. The topological polar surface area (TPSA) is 89.7 Å². The molecule has 3 heterocycles. The Bertz CT molecular complexity index is 1150. The van der Waals surface area contributed by atoms with Crippen molar-refractivity contribution in [2.24, 2.45) is 0 Å². The second-order valence-corrected chi connectivity index (χ2v) is 9.19. The molecule has 1 N–H and O–H groups in total. The third kappa shape index (κ3) is 4.32. The van der Waals surface area contributed by atoms with Crippen molar-refractivity contribution in [1.29, 1.82) is 0 Å². The van der Waals surface area contributed by atoms with Crippen LogP contribution in [-0.2, 0) is 4.74 Å². The van der Waals surface area contributed by atoms with Crippen molar-refractivity contribution >= 4 is 17.0 Å². The first-order chi connectivity index (χ1) is 16.0. The highest BCUT2D eigenvalue weighted by Gasteiger charge is 2.28. The number of hydrogen-bond donors (Lipinski definition) is 1. The molecule has 0 radical (unpaired) electrons. The summed E-state index contributed by atoms with van der Waals surface area (Å²) in [4.78, 5) is 18.1. The van der Waals surface area contributed by atoms with Crippen LogP contribution in [-0.4, -0.2) is 69.2 Å². The molecule has 3 aromatic rings. The first-order valence-corrected chi connectivity index (χ1v) is 11.7. The van der Waals surface area contributed by atoms with Crippen LogP contribution >= 0.6 is 0 Å². The summed E-state index contributed by atoms with van der Waals surface area (Å²) in [5.74, 6) is 0.352. The quantitative estimate of drug-likeness (QED) is 0.529. The van der Waals surface area contributed by atoms with Gasteiger partial charge in [0.15, 0.2) is 11.3 Å². The van der Waals surface area contributed by atoms with Gasteiger partial charge in [-0.3, -0.25) is 4.90 Å². The van der Waals surface area contributed by atoms with E-state index in [2.05, 4.69) is 34.9 Å². The number of carboxylic acid groups (broad SMARTS) is 1. The molecule has 0 amide bonds. The van der Waals surface area contributed by atoms with Crippen molar-refractivity contribution in [2.75, 3.05) is 26.4 Å².